The number of phenols is 1. The van der Waals surface area contributed by atoms with Gasteiger partial charge in [-0.1, -0.05) is 31.4 Å². The summed E-state index contributed by atoms with van der Waals surface area (Å²) in [5.74, 6) is 0.801. The van der Waals surface area contributed by atoms with Crippen LogP contribution >= 0.6 is 0 Å². The minimum Gasteiger partial charge on any atom is -0.508 e. The average molecular weight is 460 g/mol. The molecule has 176 valence electrons. The van der Waals surface area contributed by atoms with Crippen LogP contribution in [0.3, 0.4) is 0 Å². The molecule has 0 aliphatic heterocycles. The first-order valence-corrected chi connectivity index (χ1v) is 11.9. The van der Waals surface area contributed by atoms with Crippen LogP contribution in [0, 0.1) is 0 Å². The second kappa shape index (κ2) is 9.73. The summed E-state index contributed by atoms with van der Waals surface area (Å²) in [7, 11) is 0. The zero-order valence-electron chi connectivity index (χ0n) is 19.0. The van der Waals surface area contributed by atoms with Crippen molar-refractivity contribution in [1.82, 2.24) is 14.9 Å². The molecule has 7 nitrogen and oxygen atoms in total. The SMILES string of the molecule is O=C(N[C@H](CO)Cc1ccc(O)cc1)c1ccc2c(c1)nc(-c1ccoc1)n2C1CCCCC1. The number of fused-ring (bicyclic) bond motifs is 1. The third-order valence-corrected chi connectivity index (χ3v) is 6.64. The third-order valence-electron chi connectivity index (χ3n) is 6.64. The van der Waals surface area contributed by atoms with Gasteiger partial charge < -0.3 is 24.5 Å². The summed E-state index contributed by atoms with van der Waals surface area (Å²) in [6.45, 7) is -0.185. The molecule has 1 aliphatic carbocycles. The van der Waals surface area contributed by atoms with Gasteiger partial charge in [-0.2, -0.15) is 0 Å². The predicted octanol–water partition coefficient (Wildman–Crippen LogP) is 4.84. The van der Waals surface area contributed by atoms with E-state index in [1.807, 2.05) is 24.3 Å². The van der Waals surface area contributed by atoms with Gasteiger partial charge in [0.2, 0.25) is 0 Å². The average Bonchev–Trinajstić information content (AvgIpc) is 3.53. The van der Waals surface area contributed by atoms with Crippen LogP contribution in [0.25, 0.3) is 22.4 Å². The van der Waals surface area contributed by atoms with E-state index in [4.69, 9.17) is 9.40 Å². The van der Waals surface area contributed by atoms with E-state index in [0.717, 1.165) is 40.8 Å². The highest BCUT2D eigenvalue weighted by atomic mass is 16.3. The third kappa shape index (κ3) is 4.56. The molecule has 1 amide bonds. The molecule has 5 rings (SSSR count). The second-order valence-corrected chi connectivity index (χ2v) is 9.04. The molecule has 2 aromatic carbocycles. The summed E-state index contributed by atoms with van der Waals surface area (Å²) in [6.07, 6.45) is 9.75. The van der Waals surface area contributed by atoms with Gasteiger partial charge in [0.1, 0.15) is 17.8 Å². The maximum absolute atomic E-state index is 13.0. The van der Waals surface area contributed by atoms with Crippen LogP contribution < -0.4 is 5.32 Å². The first-order valence-electron chi connectivity index (χ1n) is 11.9. The van der Waals surface area contributed by atoms with E-state index < -0.39 is 6.04 Å². The zero-order chi connectivity index (χ0) is 23.5. The molecule has 1 saturated carbocycles. The largest absolute Gasteiger partial charge is 0.508 e. The minimum atomic E-state index is -0.436. The number of aliphatic hydroxyl groups excluding tert-OH is 1. The number of phenolic OH excluding ortho intramolecular Hbond substituents is 1. The van der Waals surface area contributed by atoms with Gasteiger partial charge in [-0.3, -0.25) is 4.79 Å². The number of carbonyl (C=O) groups is 1. The van der Waals surface area contributed by atoms with Crippen LogP contribution in [0.5, 0.6) is 5.75 Å². The van der Waals surface area contributed by atoms with E-state index in [0.29, 0.717) is 18.0 Å². The Hall–Kier alpha value is -3.58. The van der Waals surface area contributed by atoms with Gasteiger partial charge in [-0.05, 0) is 61.2 Å². The fourth-order valence-corrected chi connectivity index (χ4v) is 4.89. The van der Waals surface area contributed by atoms with Crippen molar-refractivity contribution in [2.45, 2.75) is 50.6 Å². The van der Waals surface area contributed by atoms with Crippen molar-refractivity contribution in [3.8, 4) is 17.1 Å². The summed E-state index contributed by atoms with van der Waals surface area (Å²) < 4.78 is 7.63. The summed E-state index contributed by atoms with van der Waals surface area (Å²) in [5, 5.41) is 22.2. The Morgan fingerprint density at radius 1 is 1.12 bits per heavy atom. The maximum Gasteiger partial charge on any atom is 0.251 e. The standard InChI is InChI=1S/C27H29N3O4/c31-16-21(14-18-6-9-23(32)10-7-18)28-27(33)19-8-11-25-24(15-19)29-26(20-12-13-34-17-20)30(25)22-4-2-1-3-5-22/h6-13,15,17,21-22,31-32H,1-5,14,16H2,(H,28,33)/t21-/m0/s1. The van der Waals surface area contributed by atoms with Gasteiger partial charge in [-0.15, -0.1) is 0 Å². The molecule has 0 radical (unpaired) electrons. The van der Waals surface area contributed by atoms with Crippen molar-refractivity contribution in [2.24, 2.45) is 0 Å². The van der Waals surface area contributed by atoms with Crippen LogP contribution in [0.15, 0.2) is 65.5 Å². The van der Waals surface area contributed by atoms with E-state index in [9.17, 15) is 15.0 Å². The summed E-state index contributed by atoms with van der Waals surface area (Å²) in [5.41, 5.74) is 4.14. The van der Waals surface area contributed by atoms with Crippen LogP contribution in [0.2, 0.25) is 0 Å². The number of aliphatic hydroxyl groups is 1. The van der Waals surface area contributed by atoms with Gasteiger partial charge in [0.25, 0.3) is 5.91 Å². The maximum atomic E-state index is 13.0. The molecule has 34 heavy (non-hydrogen) atoms. The smallest absolute Gasteiger partial charge is 0.251 e. The molecule has 3 N–H and O–H groups in total. The van der Waals surface area contributed by atoms with Crippen LogP contribution in [0.4, 0.5) is 0 Å². The molecule has 1 atom stereocenters. The number of amides is 1. The van der Waals surface area contributed by atoms with E-state index in [-0.39, 0.29) is 18.3 Å². The van der Waals surface area contributed by atoms with Gasteiger partial charge in [-0.25, -0.2) is 4.98 Å². The number of aromatic nitrogens is 2. The molecular formula is C27H29N3O4. The first kappa shape index (κ1) is 22.2. The zero-order valence-corrected chi connectivity index (χ0v) is 19.0. The molecule has 4 aromatic rings. The highest BCUT2D eigenvalue weighted by Crippen LogP contribution is 2.36. The van der Waals surface area contributed by atoms with Crippen molar-refractivity contribution in [1.29, 1.82) is 0 Å². The van der Waals surface area contributed by atoms with Gasteiger partial charge in [0.05, 0.1) is 35.5 Å². The highest BCUT2D eigenvalue weighted by molar-refractivity contribution is 5.98. The number of furan rings is 1. The lowest BCUT2D eigenvalue weighted by molar-refractivity contribution is 0.0916. The van der Waals surface area contributed by atoms with Gasteiger partial charge in [0.15, 0.2) is 0 Å². The van der Waals surface area contributed by atoms with E-state index >= 15 is 0 Å². The Morgan fingerprint density at radius 3 is 2.62 bits per heavy atom. The number of hydrogen-bond acceptors (Lipinski definition) is 5. The number of benzene rings is 2. The molecule has 1 fully saturated rings. The number of nitrogens with zero attached hydrogens (tertiary/aromatic N) is 2. The molecule has 0 unspecified atom stereocenters. The van der Waals surface area contributed by atoms with E-state index in [2.05, 4.69) is 9.88 Å². The van der Waals surface area contributed by atoms with Gasteiger partial charge >= 0.3 is 0 Å². The van der Waals surface area contributed by atoms with Crippen molar-refractivity contribution < 1.29 is 19.4 Å². The van der Waals surface area contributed by atoms with Crippen molar-refractivity contribution in [3.63, 3.8) is 0 Å². The highest BCUT2D eigenvalue weighted by Gasteiger charge is 2.24. The Bertz CT molecular complexity index is 1260. The van der Waals surface area contributed by atoms with Gasteiger partial charge in [0, 0.05) is 11.6 Å². The lowest BCUT2D eigenvalue weighted by atomic mass is 9.95. The Kier molecular flexibility index (Phi) is 6.36. The van der Waals surface area contributed by atoms with Crippen LogP contribution in [-0.4, -0.2) is 38.3 Å². The lowest BCUT2D eigenvalue weighted by Crippen LogP contribution is -2.39. The second-order valence-electron chi connectivity index (χ2n) is 9.04. The molecule has 2 heterocycles. The van der Waals surface area contributed by atoms with Crippen LogP contribution in [0.1, 0.15) is 54.1 Å². The number of rotatable bonds is 7. The topological polar surface area (TPSA) is 101 Å². The molecule has 0 bridgehead atoms. The number of carbonyl (C=O) groups excluding carboxylic acids is 1. The van der Waals surface area contributed by atoms with Crippen LogP contribution in [-0.2, 0) is 6.42 Å². The molecule has 2 aromatic heterocycles. The fraction of sp³-hybridized carbons (Fsp3) is 0.333. The van der Waals surface area contributed by atoms with Crippen molar-refractivity contribution in [3.05, 3.63) is 72.2 Å². The molecule has 0 spiro atoms. The van der Waals surface area contributed by atoms with Crippen molar-refractivity contribution in [2.75, 3.05) is 6.61 Å². The molecular weight excluding hydrogens is 430 g/mol. The molecule has 1 aliphatic rings. The Morgan fingerprint density at radius 2 is 1.91 bits per heavy atom. The number of hydrogen-bond donors (Lipinski definition) is 3. The number of imidazole rings is 1. The van der Waals surface area contributed by atoms with E-state index in [1.54, 1.807) is 36.8 Å². The minimum absolute atomic E-state index is 0.184. The quantitative estimate of drug-likeness (QED) is 0.367. The Labute approximate surface area is 198 Å². The summed E-state index contributed by atoms with van der Waals surface area (Å²) >= 11 is 0. The first-order chi connectivity index (χ1) is 16.6. The fourth-order valence-electron chi connectivity index (χ4n) is 4.89. The monoisotopic (exact) mass is 459 g/mol. The normalized spacial score (nSPS) is 15.4. The summed E-state index contributed by atoms with van der Waals surface area (Å²) in [4.78, 5) is 17.9. The predicted molar refractivity (Wildman–Crippen MR) is 130 cm³/mol. The van der Waals surface area contributed by atoms with Crippen molar-refractivity contribution >= 4 is 16.9 Å². The Balaban J connectivity index is 1.41. The number of nitrogens with one attached hydrogen (secondary N) is 1. The summed E-state index contributed by atoms with van der Waals surface area (Å²) in [6, 6.07) is 14.2. The lowest BCUT2D eigenvalue weighted by Gasteiger charge is -2.25. The molecule has 0 saturated heterocycles. The van der Waals surface area contributed by atoms with E-state index in [1.165, 1.54) is 19.3 Å². The number of aromatic hydroxyl groups is 1. The molecule has 7 heteroatoms.